The van der Waals surface area contributed by atoms with Gasteiger partial charge < -0.3 is 4.74 Å². The normalized spacial score (nSPS) is 16.1. The van der Waals surface area contributed by atoms with E-state index < -0.39 is 21.4 Å². The van der Waals surface area contributed by atoms with Gasteiger partial charge in [-0.1, -0.05) is 0 Å². The highest BCUT2D eigenvalue weighted by molar-refractivity contribution is 7.89. The maximum atomic E-state index is 11.3. The van der Waals surface area contributed by atoms with Crippen molar-refractivity contribution in [3.05, 3.63) is 15.6 Å². The summed E-state index contributed by atoms with van der Waals surface area (Å²) in [4.78, 5) is 5.34. The predicted octanol–water partition coefficient (Wildman–Crippen LogP) is 1.12. The van der Waals surface area contributed by atoms with Crippen molar-refractivity contribution in [2.24, 2.45) is 5.14 Å². The van der Waals surface area contributed by atoms with Gasteiger partial charge in [0, 0.05) is 12.0 Å². The van der Waals surface area contributed by atoms with Crippen molar-refractivity contribution in [2.45, 2.75) is 32.1 Å². The topological polar surface area (TPSA) is 82.3 Å². The van der Waals surface area contributed by atoms with Gasteiger partial charge in [-0.15, -0.1) is 11.3 Å². The van der Waals surface area contributed by atoms with Gasteiger partial charge in [-0.25, -0.2) is 18.5 Å². The number of nitrogens with two attached hydrogens (primary N) is 1. The predicted molar refractivity (Wildman–Crippen MR) is 63.9 cm³/mol. The number of hydrogen-bond acceptors (Lipinski definition) is 5. The molecular weight excluding hydrogens is 248 g/mol. The monoisotopic (exact) mass is 264 g/mol. The lowest BCUT2D eigenvalue weighted by atomic mass is 10.3. The zero-order chi connectivity index (χ0) is 12.5. The van der Waals surface area contributed by atoms with Crippen molar-refractivity contribution in [1.82, 2.24) is 4.98 Å². The summed E-state index contributed by atoms with van der Waals surface area (Å²) in [5.74, 6) is 0. The van der Waals surface area contributed by atoms with Crippen LogP contribution in [0, 0.1) is 13.8 Å². The van der Waals surface area contributed by atoms with E-state index in [1.165, 1.54) is 25.4 Å². The summed E-state index contributed by atoms with van der Waals surface area (Å²) in [6.07, 6.45) is -0.604. The molecule has 5 nitrogen and oxygen atoms in total. The van der Waals surface area contributed by atoms with Crippen LogP contribution in [0.5, 0.6) is 0 Å². The van der Waals surface area contributed by atoms with E-state index in [0.29, 0.717) is 5.01 Å². The summed E-state index contributed by atoms with van der Waals surface area (Å²) < 4.78 is 27.7. The molecule has 16 heavy (non-hydrogen) atoms. The number of aryl methyl sites for hydroxylation is 2. The molecule has 0 aliphatic carbocycles. The Morgan fingerprint density at radius 2 is 2.00 bits per heavy atom. The first-order valence-electron chi connectivity index (χ1n) is 4.75. The molecule has 2 atom stereocenters. The molecule has 0 aliphatic rings. The first-order chi connectivity index (χ1) is 7.27. The molecule has 7 heteroatoms. The fraction of sp³-hybridized carbons (Fsp3) is 0.667. The van der Waals surface area contributed by atoms with Gasteiger partial charge in [-0.3, -0.25) is 0 Å². The largest absolute Gasteiger partial charge is 0.373 e. The SMILES string of the molecule is CO[C@H](c1nc(C)c(C)s1)[C@@H](C)S(N)(=O)=O. The fourth-order valence-electron chi connectivity index (χ4n) is 1.28. The molecule has 0 radical (unpaired) electrons. The second-order valence-electron chi connectivity index (χ2n) is 3.64. The van der Waals surface area contributed by atoms with Crippen LogP contribution in [-0.4, -0.2) is 25.8 Å². The van der Waals surface area contributed by atoms with Crippen LogP contribution in [0.15, 0.2) is 0 Å². The van der Waals surface area contributed by atoms with E-state index in [1.807, 2.05) is 13.8 Å². The third-order valence-electron chi connectivity index (χ3n) is 2.49. The number of aromatic nitrogens is 1. The molecule has 1 heterocycles. The van der Waals surface area contributed by atoms with E-state index in [4.69, 9.17) is 9.88 Å². The van der Waals surface area contributed by atoms with E-state index in [1.54, 1.807) is 0 Å². The molecule has 1 aromatic heterocycles. The van der Waals surface area contributed by atoms with Crippen molar-refractivity contribution in [3.63, 3.8) is 0 Å². The number of primary sulfonamides is 1. The molecule has 0 fully saturated rings. The van der Waals surface area contributed by atoms with Gasteiger partial charge in [0.1, 0.15) is 16.4 Å². The third-order valence-corrected chi connectivity index (χ3v) is 4.90. The minimum absolute atomic E-state index is 0.604. The highest BCUT2D eigenvalue weighted by Crippen LogP contribution is 2.29. The molecule has 0 saturated heterocycles. The van der Waals surface area contributed by atoms with Crippen LogP contribution in [0.3, 0.4) is 0 Å². The van der Waals surface area contributed by atoms with Gasteiger partial charge in [-0.2, -0.15) is 0 Å². The van der Waals surface area contributed by atoms with Crippen molar-refractivity contribution < 1.29 is 13.2 Å². The molecule has 2 N–H and O–H groups in total. The zero-order valence-corrected chi connectivity index (χ0v) is 11.4. The minimum Gasteiger partial charge on any atom is -0.373 e. The van der Waals surface area contributed by atoms with Crippen molar-refractivity contribution in [3.8, 4) is 0 Å². The van der Waals surface area contributed by atoms with Crippen LogP contribution in [0.1, 0.15) is 28.6 Å². The summed E-state index contributed by atoms with van der Waals surface area (Å²) in [6, 6.07) is 0. The molecule has 0 saturated carbocycles. The van der Waals surface area contributed by atoms with Gasteiger partial charge in [0.2, 0.25) is 10.0 Å². The Bertz CT molecular complexity index is 448. The Hall–Kier alpha value is -0.500. The maximum absolute atomic E-state index is 11.3. The maximum Gasteiger partial charge on any atom is 0.214 e. The minimum atomic E-state index is -3.62. The number of thiazole rings is 1. The second-order valence-corrected chi connectivity index (χ2v) is 6.80. The molecule has 0 aliphatic heterocycles. The lowest BCUT2D eigenvalue weighted by Crippen LogP contribution is -2.32. The molecule has 0 amide bonds. The van der Waals surface area contributed by atoms with Crippen LogP contribution in [-0.2, 0) is 14.8 Å². The number of hydrogen-bond donors (Lipinski definition) is 1. The Labute approximate surface area is 99.7 Å². The Balaban J connectivity index is 3.08. The highest BCUT2D eigenvalue weighted by Gasteiger charge is 2.30. The van der Waals surface area contributed by atoms with Crippen LogP contribution >= 0.6 is 11.3 Å². The molecule has 1 aromatic rings. The Kier molecular flexibility index (Phi) is 4.06. The number of sulfonamides is 1. The molecule has 92 valence electrons. The van der Waals surface area contributed by atoms with E-state index in [-0.39, 0.29) is 0 Å². The summed E-state index contributed by atoms with van der Waals surface area (Å²) in [6.45, 7) is 5.34. The van der Waals surface area contributed by atoms with E-state index >= 15 is 0 Å². The van der Waals surface area contributed by atoms with Crippen LogP contribution in [0.2, 0.25) is 0 Å². The molecule has 0 aromatic carbocycles. The van der Waals surface area contributed by atoms with Crippen molar-refractivity contribution >= 4 is 21.4 Å². The lowest BCUT2D eigenvalue weighted by molar-refractivity contribution is 0.102. The average Bonchev–Trinajstić information content (AvgIpc) is 2.46. The fourth-order valence-corrected chi connectivity index (χ4v) is 3.06. The van der Waals surface area contributed by atoms with Gasteiger partial charge in [0.05, 0.1) is 5.69 Å². The van der Waals surface area contributed by atoms with Crippen LogP contribution < -0.4 is 5.14 Å². The molecule has 1 rings (SSSR count). The van der Waals surface area contributed by atoms with E-state index in [2.05, 4.69) is 4.98 Å². The quantitative estimate of drug-likeness (QED) is 0.883. The molecule has 0 unspecified atom stereocenters. The molecular formula is C9H16N2O3S2. The van der Waals surface area contributed by atoms with Gasteiger partial charge in [-0.05, 0) is 20.8 Å². The summed E-state index contributed by atoms with van der Waals surface area (Å²) in [5.41, 5.74) is 0.892. The highest BCUT2D eigenvalue weighted by atomic mass is 32.2. The second kappa shape index (κ2) is 4.79. The Morgan fingerprint density at radius 1 is 1.44 bits per heavy atom. The first kappa shape index (κ1) is 13.6. The number of rotatable bonds is 4. The standard InChI is InChI=1S/C9H16N2O3S2/c1-5-6(2)15-9(11-5)8(14-4)7(3)16(10,12)13/h7-8H,1-4H3,(H2,10,12,13)/t7-,8+/m1/s1. The summed E-state index contributed by atoms with van der Waals surface area (Å²) in [7, 11) is -2.17. The van der Waals surface area contributed by atoms with Crippen molar-refractivity contribution in [2.75, 3.05) is 7.11 Å². The third kappa shape index (κ3) is 2.79. The lowest BCUT2D eigenvalue weighted by Gasteiger charge is -2.18. The van der Waals surface area contributed by atoms with Crippen LogP contribution in [0.4, 0.5) is 0 Å². The average molecular weight is 264 g/mol. The Morgan fingerprint density at radius 3 is 2.31 bits per heavy atom. The molecule has 0 spiro atoms. The number of nitrogens with zero attached hydrogens (tertiary/aromatic N) is 1. The van der Waals surface area contributed by atoms with E-state index in [9.17, 15) is 8.42 Å². The first-order valence-corrected chi connectivity index (χ1v) is 7.18. The summed E-state index contributed by atoms with van der Waals surface area (Å²) >= 11 is 1.44. The van der Waals surface area contributed by atoms with Crippen molar-refractivity contribution in [1.29, 1.82) is 0 Å². The molecule has 0 bridgehead atoms. The number of ether oxygens (including phenoxy) is 1. The zero-order valence-electron chi connectivity index (χ0n) is 9.72. The van der Waals surface area contributed by atoms with Gasteiger partial charge >= 0.3 is 0 Å². The van der Waals surface area contributed by atoms with Gasteiger partial charge in [0.25, 0.3) is 0 Å². The van der Waals surface area contributed by atoms with Crippen LogP contribution in [0.25, 0.3) is 0 Å². The van der Waals surface area contributed by atoms with E-state index in [0.717, 1.165) is 10.6 Å². The smallest absolute Gasteiger partial charge is 0.214 e. The summed E-state index contributed by atoms with van der Waals surface area (Å²) in [5, 5.41) is 4.96. The number of methoxy groups -OCH3 is 1. The van der Waals surface area contributed by atoms with Gasteiger partial charge in [0.15, 0.2) is 0 Å².